The first-order valence-corrected chi connectivity index (χ1v) is 7.39. The monoisotopic (exact) mass is 345 g/mol. The van der Waals surface area contributed by atoms with E-state index in [0.29, 0.717) is 9.75 Å². The molecule has 7 heteroatoms. The Morgan fingerprint density at radius 3 is 2.61 bits per heavy atom. The van der Waals surface area contributed by atoms with E-state index in [2.05, 4.69) is 21.2 Å². The second-order valence-electron chi connectivity index (χ2n) is 3.36. The predicted molar refractivity (Wildman–Crippen MR) is 74.2 cm³/mol. The minimum atomic E-state index is -1.07. The van der Waals surface area contributed by atoms with E-state index in [1.54, 1.807) is 29.6 Å². The van der Waals surface area contributed by atoms with Crippen LogP contribution >= 0.6 is 38.6 Å². The van der Waals surface area contributed by atoms with E-state index in [0.717, 1.165) is 3.79 Å². The molecule has 2 aromatic rings. The van der Waals surface area contributed by atoms with Gasteiger partial charge in [0.25, 0.3) is 5.91 Å². The van der Waals surface area contributed by atoms with Crippen molar-refractivity contribution in [2.45, 2.75) is 6.04 Å². The topological polar surface area (TPSA) is 66.4 Å². The number of thiophene rings is 2. The summed E-state index contributed by atoms with van der Waals surface area (Å²) in [5.41, 5.74) is 0. The van der Waals surface area contributed by atoms with Gasteiger partial charge in [0.2, 0.25) is 0 Å². The third-order valence-electron chi connectivity index (χ3n) is 2.15. The number of rotatable bonds is 4. The van der Waals surface area contributed by atoms with Gasteiger partial charge in [-0.3, -0.25) is 4.79 Å². The first-order valence-electron chi connectivity index (χ1n) is 4.90. The fourth-order valence-electron chi connectivity index (χ4n) is 1.35. The van der Waals surface area contributed by atoms with Crippen molar-refractivity contribution in [1.29, 1.82) is 0 Å². The van der Waals surface area contributed by atoms with Crippen molar-refractivity contribution >= 4 is 50.5 Å². The highest BCUT2D eigenvalue weighted by Crippen LogP contribution is 2.24. The number of carbonyl (C=O) groups excluding carboxylic acids is 1. The highest BCUT2D eigenvalue weighted by atomic mass is 79.9. The van der Waals surface area contributed by atoms with Gasteiger partial charge in [0, 0.05) is 4.88 Å². The molecule has 0 saturated heterocycles. The van der Waals surface area contributed by atoms with Gasteiger partial charge in [-0.05, 0) is 39.5 Å². The highest BCUT2D eigenvalue weighted by Gasteiger charge is 2.24. The zero-order valence-electron chi connectivity index (χ0n) is 8.92. The van der Waals surface area contributed by atoms with Gasteiger partial charge >= 0.3 is 5.97 Å². The third kappa shape index (κ3) is 2.98. The molecule has 0 saturated carbocycles. The molecule has 94 valence electrons. The summed E-state index contributed by atoms with van der Waals surface area (Å²) in [5.74, 6) is -1.45. The predicted octanol–water partition coefficient (Wildman–Crippen LogP) is 3.13. The van der Waals surface area contributed by atoms with Crippen LogP contribution in [0.2, 0.25) is 0 Å². The van der Waals surface area contributed by atoms with Crippen molar-refractivity contribution in [3.63, 3.8) is 0 Å². The minimum Gasteiger partial charge on any atom is -0.479 e. The summed E-state index contributed by atoms with van der Waals surface area (Å²) in [5, 5.41) is 13.4. The van der Waals surface area contributed by atoms with Crippen LogP contribution in [0, 0.1) is 0 Å². The number of nitrogens with one attached hydrogen (secondary N) is 1. The molecule has 0 bridgehead atoms. The Morgan fingerprint density at radius 2 is 2.11 bits per heavy atom. The number of hydrogen-bond acceptors (Lipinski definition) is 4. The maximum Gasteiger partial charge on any atom is 0.331 e. The van der Waals surface area contributed by atoms with Crippen molar-refractivity contribution < 1.29 is 14.7 Å². The number of carboxylic acid groups (broad SMARTS) is 1. The lowest BCUT2D eigenvalue weighted by Gasteiger charge is -2.11. The number of carboxylic acids is 1. The standard InChI is InChI=1S/C11H8BrNO3S2/c12-8-4-3-7(18-8)10(14)13-9(11(15)16)6-2-1-5-17-6/h1-5,9H,(H,13,14)(H,15,16). The van der Waals surface area contributed by atoms with Crippen LogP contribution in [0.5, 0.6) is 0 Å². The molecule has 1 amide bonds. The molecule has 4 nitrogen and oxygen atoms in total. The van der Waals surface area contributed by atoms with Crippen molar-refractivity contribution in [1.82, 2.24) is 5.32 Å². The van der Waals surface area contributed by atoms with E-state index in [4.69, 9.17) is 5.11 Å². The lowest BCUT2D eigenvalue weighted by atomic mass is 10.2. The quantitative estimate of drug-likeness (QED) is 0.894. The molecular weight excluding hydrogens is 338 g/mol. The summed E-state index contributed by atoms with van der Waals surface area (Å²) < 4.78 is 0.829. The van der Waals surface area contributed by atoms with E-state index in [-0.39, 0.29) is 5.91 Å². The van der Waals surface area contributed by atoms with E-state index in [1.807, 2.05) is 0 Å². The smallest absolute Gasteiger partial charge is 0.331 e. The Labute approximate surface area is 119 Å². The zero-order valence-corrected chi connectivity index (χ0v) is 12.1. The first kappa shape index (κ1) is 13.3. The van der Waals surface area contributed by atoms with Crippen LogP contribution in [-0.4, -0.2) is 17.0 Å². The molecule has 1 unspecified atom stereocenters. The van der Waals surface area contributed by atoms with Crippen molar-refractivity contribution in [2.24, 2.45) is 0 Å². The van der Waals surface area contributed by atoms with Crippen LogP contribution in [0.15, 0.2) is 33.4 Å². The number of amides is 1. The summed E-state index contributed by atoms with van der Waals surface area (Å²) in [4.78, 5) is 24.1. The van der Waals surface area contributed by atoms with Gasteiger partial charge in [-0.1, -0.05) is 6.07 Å². The molecule has 18 heavy (non-hydrogen) atoms. The summed E-state index contributed by atoms with van der Waals surface area (Å²) in [7, 11) is 0. The largest absolute Gasteiger partial charge is 0.479 e. The molecule has 0 radical (unpaired) electrons. The summed E-state index contributed by atoms with van der Waals surface area (Å²) in [6.45, 7) is 0. The van der Waals surface area contributed by atoms with Crippen LogP contribution in [-0.2, 0) is 4.79 Å². The highest BCUT2D eigenvalue weighted by molar-refractivity contribution is 9.11. The second-order valence-corrected chi connectivity index (χ2v) is 6.81. The maximum atomic E-state index is 11.9. The fraction of sp³-hybridized carbons (Fsp3) is 0.0909. The molecule has 2 aromatic heterocycles. The van der Waals surface area contributed by atoms with Crippen LogP contribution in [0.25, 0.3) is 0 Å². The molecule has 2 N–H and O–H groups in total. The lowest BCUT2D eigenvalue weighted by molar-refractivity contribution is -0.139. The average Bonchev–Trinajstić information content (AvgIpc) is 2.95. The summed E-state index contributed by atoms with van der Waals surface area (Å²) in [6, 6.07) is 5.84. The minimum absolute atomic E-state index is 0.383. The van der Waals surface area contributed by atoms with E-state index in [9.17, 15) is 9.59 Å². The van der Waals surface area contributed by atoms with Gasteiger partial charge in [0.15, 0.2) is 6.04 Å². The van der Waals surface area contributed by atoms with E-state index in [1.165, 1.54) is 22.7 Å². The molecule has 0 aliphatic rings. The Bertz CT molecular complexity index is 565. The van der Waals surface area contributed by atoms with Gasteiger partial charge in [-0.2, -0.15) is 0 Å². The van der Waals surface area contributed by atoms with Crippen LogP contribution in [0.4, 0.5) is 0 Å². The number of hydrogen-bond donors (Lipinski definition) is 2. The van der Waals surface area contributed by atoms with Crippen molar-refractivity contribution in [3.05, 3.63) is 43.2 Å². The molecule has 0 aliphatic heterocycles. The van der Waals surface area contributed by atoms with E-state index < -0.39 is 12.0 Å². The summed E-state index contributed by atoms with van der Waals surface area (Å²) >= 11 is 5.82. The van der Waals surface area contributed by atoms with Crippen LogP contribution in [0.1, 0.15) is 20.6 Å². The molecule has 2 rings (SSSR count). The zero-order chi connectivity index (χ0) is 13.1. The SMILES string of the molecule is O=C(NC(C(=O)O)c1cccs1)c1ccc(Br)s1. The average molecular weight is 346 g/mol. The fourth-order valence-corrected chi connectivity index (χ4v) is 3.41. The third-order valence-corrected chi connectivity index (χ3v) is 4.71. The number of carbonyl (C=O) groups is 2. The normalized spacial score (nSPS) is 12.1. The Hall–Kier alpha value is -1.18. The Morgan fingerprint density at radius 1 is 1.33 bits per heavy atom. The molecule has 0 aromatic carbocycles. The number of aliphatic carboxylic acids is 1. The van der Waals surface area contributed by atoms with Crippen molar-refractivity contribution in [3.8, 4) is 0 Å². The van der Waals surface area contributed by atoms with Crippen LogP contribution < -0.4 is 5.32 Å². The first-order chi connectivity index (χ1) is 8.58. The molecular formula is C11H8BrNO3S2. The number of halogens is 1. The maximum absolute atomic E-state index is 11.9. The molecule has 2 heterocycles. The van der Waals surface area contributed by atoms with Gasteiger partial charge in [-0.25, -0.2) is 4.79 Å². The molecule has 1 atom stereocenters. The molecule has 0 fully saturated rings. The molecule has 0 spiro atoms. The summed E-state index contributed by atoms with van der Waals surface area (Å²) in [6.07, 6.45) is 0. The lowest BCUT2D eigenvalue weighted by Crippen LogP contribution is -2.32. The Balaban J connectivity index is 2.15. The van der Waals surface area contributed by atoms with Crippen LogP contribution in [0.3, 0.4) is 0 Å². The van der Waals surface area contributed by atoms with E-state index >= 15 is 0 Å². The van der Waals surface area contributed by atoms with Crippen molar-refractivity contribution in [2.75, 3.05) is 0 Å². The Kier molecular flexibility index (Phi) is 4.15. The van der Waals surface area contributed by atoms with Gasteiger partial charge in [0.1, 0.15) is 0 Å². The van der Waals surface area contributed by atoms with Gasteiger partial charge in [0.05, 0.1) is 8.66 Å². The second kappa shape index (κ2) is 5.64. The molecule has 0 aliphatic carbocycles. The van der Waals surface area contributed by atoms with Gasteiger partial charge < -0.3 is 10.4 Å². The van der Waals surface area contributed by atoms with Gasteiger partial charge in [-0.15, -0.1) is 22.7 Å².